The number of carbonyl (C=O) groups excluding carboxylic acids is 1. The van der Waals surface area contributed by atoms with Gasteiger partial charge in [0.1, 0.15) is 11.4 Å². The highest BCUT2D eigenvalue weighted by atomic mass is 79.9. The third-order valence-corrected chi connectivity index (χ3v) is 7.18. The Morgan fingerprint density at radius 1 is 1.08 bits per heavy atom. The van der Waals surface area contributed by atoms with Crippen molar-refractivity contribution < 1.29 is 9.53 Å². The molecule has 1 fully saturated rings. The summed E-state index contributed by atoms with van der Waals surface area (Å²) in [4.78, 5) is 12.4. The number of nitrogens with zero attached hydrogens (tertiary/aromatic N) is 4. The number of methoxy groups -OCH3 is 1. The van der Waals surface area contributed by atoms with Gasteiger partial charge in [-0.1, -0.05) is 58.0 Å². The largest absolute Gasteiger partial charge is 0.497 e. The van der Waals surface area contributed by atoms with E-state index in [0.717, 1.165) is 38.3 Å². The Hall–Kier alpha value is -3.69. The number of aromatic nitrogens is 2. The molecule has 7 nitrogen and oxygen atoms in total. The van der Waals surface area contributed by atoms with Crippen molar-refractivity contribution in [2.24, 2.45) is 10.2 Å². The summed E-state index contributed by atoms with van der Waals surface area (Å²) in [5.74, 6) is 0.710. The molecule has 9 heteroatoms. The molecule has 1 N–H and O–H groups in total. The van der Waals surface area contributed by atoms with Gasteiger partial charge in [-0.2, -0.15) is 10.2 Å². The number of halogens is 1. The quantitative estimate of drug-likeness (QED) is 0.240. The zero-order chi connectivity index (χ0) is 24.9. The van der Waals surface area contributed by atoms with Crippen LogP contribution in [-0.2, 0) is 11.2 Å². The first-order valence-corrected chi connectivity index (χ1v) is 12.9. The van der Waals surface area contributed by atoms with Crippen LogP contribution in [0.4, 0.5) is 0 Å². The zero-order valence-corrected chi connectivity index (χ0v) is 21.7. The summed E-state index contributed by atoms with van der Waals surface area (Å²) in [5, 5.41) is 16.4. The molecule has 2 heterocycles. The van der Waals surface area contributed by atoms with Gasteiger partial charge in [0.2, 0.25) is 5.91 Å². The second-order valence-corrected chi connectivity index (χ2v) is 10.1. The lowest BCUT2D eigenvalue weighted by Crippen LogP contribution is -2.25. The number of hydrogen-bond donors (Lipinski definition) is 1. The maximum atomic E-state index is 12.4. The standard InChI is InChI=1S/C27H22BrN5O2S/c1-35-23-13-9-19(10-14-23)25-20(17-33(32-25)22-5-3-2-4-6-22)16-29-31-27-30-26(34)24(36-27)15-18-7-11-21(28)12-8-18/h2-14,16-17,24H,15H2,1H3,(H,30,31,34)/b29-16+. The van der Waals surface area contributed by atoms with Crippen molar-refractivity contribution in [2.75, 3.05) is 7.11 Å². The van der Waals surface area contributed by atoms with Crippen LogP contribution in [0.2, 0.25) is 0 Å². The lowest BCUT2D eigenvalue weighted by molar-refractivity contribution is -0.118. The number of ether oxygens (including phenoxy) is 1. The van der Waals surface area contributed by atoms with Gasteiger partial charge in [0.25, 0.3) is 0 Å². The molecule has 1 atom stereocenters. The molecule has 1 aromatic heterocycles. The molecule has 0 spiro atoms. The molecule has 36 heavy (non-hydrogen) atoms. The van der Waals surface area contributed by atoms with E-state index in [4.69, 9.17) is 9.84 Å². The monoisotopic (exact) mass is 559 g/mol. The zero-order valence-electron chi connectivity index (χ0n) is 19.3. The highest BCUT2D eigenvalue weighted by molar-refractivity contribution is 9.10. The number of rotatable bonds is 7. The molecule has 5 rings (SSSR count). The van der Waals surface area contributed by atoms with Crippen LogP contribution >= 0.6 is 27.7 Å². The third kappa shape index (κ3) is 5.58. The van der Waals surface area contributed by atoms with Gasteiger partial charge in [-0.15, -0.1) is 5.10 Å². The van der Waals surface area contributed by atoms with Gasteiger partial charge < -0.3 is 10.1 Å². The number of nitrogens with one attached hydrogen (secondary N) is 1. The van der Waals surface area contributed by atoms with Gasteiger partial charge in [-0.3, -0.25) is 4.79 Å². The highest BCUT2D eigenvalue weighted by Gasteiger charge is 2.30. The molecule has 0 aliphatic carbocycles. The van der Waals surface area contributed by atoms with Crippen molar-refractivity contribution in [3.63, 3.8) is 0 Å². The minimum atomic E-state index is -0.240. The molecule has 1 aliphatic heterocycles. The fourth-order valence-corrected chi connectivity index (χ4v) is 4.96. The molecule has 3 aromatic carbocycles. The van der Waals surface area contributed by atoms with Crippen LogP contribution in [0.3, 0.4) is 0 Å². The summed E-state index contributed by atoms with van der Waals surface area (Å²) in [6.45, 7) is 0. The Morgan fingerprint density at radius 2 is 1.83 bits per heavy atom. The van der Waals surface area contributed by atoms with Gasteiger partial charge >= 0.3 is 0 Å². The molecule has 1 saturated heterocycles. The second-order valence-electron chi connectivity index (χ2n) is 8.02. The third-order valence-electron chi connectivity index (χ3n) is 5.58. The van der Waals surface area contributed by atoms with E-state index < -0.39 is 0 Å². The summed E-state index contributed by atoms with van der Waals surface area (Å²) >= 11 is 4.83. The van der Waals surface area contributed by atoms with E-state index in [1.54, 1.807) is 13.3 Å². The summed E-state index contributed by atoms with van der Waals surface area (Å²) in [5.41, 5.74) is 4.52. The fourth-order valence-electron chi connectivity index (χ4n) is 3.73. The summed E-state index contributed by atoms with van der Waals surface area (Å²) < 4.78 is 8.11. The van der Waals surface area contributed by atoms with Crippen molar-refractivity contribution in [3.05, 3.63) is 101 Å². The summed E-state index contributed by atoms with van der Waals surface area (Å²) in [6.07, 6.45) is 4.20. The van der Waals surface area contributed by atoms with Crippen LogP contribution < -0.4 is 10.1 Å². The van der Waals surface area contributed by atoms with Gasteiger partial charge in [0.15, 0.2) is 5.17 Å². The number of para-hydroxylation sites is 1. The van der Waals surface area contributed by atoms with Gasteiger partial charge in [0, 0.05) is 21.8 Å². The van der Waals surface area contributed by atoms with Gasteiger partial charge in [0.05, 0.1) is 24.3 Å². The van der Waals surface area contributed by atoms with Crippen LogP contribution in [-0.4, -0.2) is 39.4 Å². The van der Waals surface area contributed by atoms with Crippen molar-refractivity contribution in [2.45, 2.75) is 11.7 Å². The van der Waals surface area contributed by atoms with E-state index in [0.29, 0.717) is 11.6 Å². The molecule has 180 valence electrons. The van der Waals surface area contributed by atoms with Gasteiger partial charge in [-0.05, 0) is 60.5 Å². The Labute approximate surface area is 221 Å². The van der Waals surface area contributed by atoms with Crippen molar-refractivity contribution in [1.82, 2.24) is 15.1 Å². The molecule has 0 saturated carbocycles. The van der Waals surface area contributed by atoms with Crippen molar-refractivity contribution in [3.8, 4) is 22.7 Å². The van der Waals surface area contributed by atoms with E-state index in [1.807, 2.05) is 89.7 Å². The predicted octanol–water partition coefficient (Wildman–Crippen LogP) is 5.47. The van der Waals surface area contributed by atoms with E-state index in [-0.39, 0.29) is 11.2 Å². The first-order valence-electron chi connectivity index (χ1n) is 11.2. The van der Waals surface area contributed by atoms with E-state index >= 15 is 0 Å². The molecule has 1 amide bonds. The summed E-state index contributed by atoms with van der Waals surface area (Å²) in [6, 6.07) is 25.6. The first kappa shape index (κ1) is 24.0. The molecule has 0 radical (unpaired) electrons. The van der Waals surface area contributed by atoms with Crippen molar-refractivity contribution in [1.29, 1.82) is 0 Å². The van der Waals surface area contributed by atoms with Crippen molar-refractivity contribution >= 4 is 45.0 Å². The minimum Gasteiger partial charge on any atom is -0.497 e. The maximum Gasteiger partial charge on any atom is 0.239 e. The average molecular weight is 560 g/mol. The van der Waals surface area contributed by atoms with Crippen LogP contribution in [0.15, 0.2) is 99.7 Å². The normalized spacial score (nSPS) is 16.6. The van der Waals surface area contributed by atoms with Crippen LogP contribution in [0.5, 0.6) is 5.75 Å². The maximum absolute atomic E-state index is 12.4. The lowest BCUT2D eigenvalue weighted by atomic mass is 10.1. The Kier molecular flexibility index (Phi) is 7.29. The van der Waals surface area contributed by atoms with E-state index in [1.165, 1.54) is 11.8 Å². The Morgan fingerprint density at radius 3 is 2.56 bits per heavy atom. The molecule has 1 unspecified atom stereocenters. The molecular formula is C27H22BrN5O2S. The Bertz CT molecular complexity index is 1420. The first-order chi connectivity index (χ1) is 17.6. The number of amides is 1. The number of amidine groups is 1. The number of benzene rings is 3. The van der Waals surface area contributed by atoms with Crippen LogP contribution in [0, 0.1) is 0 Å². The molecular weight excluding hydrogens is 538 g/mol. The van der Waals surface area contributed by atoms with Crippen LogP contribution in [0.25, 0.3) is 16.9 Å². The van der Waals surface area contributed by atoms with E-state index in [2.05, 4.69) is 31.4 Å². The highest BCUT2D eigenvalue weighted by Crippen LogP contribution is 2.26. The average Bonchev–Trinajstić information content (AvgIpc) is 3.49. The fraction of sp³-hybridized carbons (Fsp3) is 0.111. The molecule has 0 bridgehead atoms. The molecule has 4 aromatic rings. The Balaban J connectivity index is 1.37. The molecule has 1 aliphatic rings. The van der Waals surface area contributed by atoms with Crippen LogP contribution in [0.1, 0.15) is 11.1 Å². The van der Waals surface area contributed by atoms with E-state index in [9.17, 15) is 4.79 Å². The second kappa shape index (κ2) is 10.9. The minimum absolute atomic E-state index is 0.0623. The summed E-state index contributed by atoms with van der Waals surface area (Å²) in [7, 11) is 1.64. The van der Waals surface area contributed by atoms with Gasteiger partial charge in [-0.25, -0.2) is 4.68 Å². The topological polar surface area (TPSA) is 80.9 Å². The SMILES string of the molecule is COc1ccc(-c2nn(-c3ccccc3)cc2/C=N/N=C2\NC(=O)C(Cc3ccc(Br)cc3)S2)cc1. The smallest absolute Gasteiger partial charge is 0.239 e. The predicted molar refractivity (Wildman–Crippen MR) is 148 cm³/mol. The number of carbonyl (C=O) groups is 1. The lowest BCUT2D eigenvalue weighted by Gasteiger charge is -2.05. The number of hydrogen-bond acceptors (Lipinski definition) is 6. The number of thioether (sulfide) groups is 1.